The molecular weight excluding hydrogens is 214 g/mol. The van der Waals surface area contributed by atoms with Crippen LogP contribution in [0, 0.1) is 0 Å². The van der Waals surface area contributed by atoms with Crippen molar-refractivity contribution in [2.45, 2.75) is 13.3 Å². The highest BCUT2D eigenvalue weighted by atomic mass is 32.2. The third kappa shape index (κ3) is 2.79. The lowest BCUT2D eigenvalue weighted by Crippen LogP contribution is -2.35. The molecule has 0 aliphatic carbocycles. The zero-order chi connectivity index (χ0) is 11.5. The average Bonchev–Trinajstić information content (AvgIpc) is 2.17. The van der Waals surface area contributed by atoms with Gasteiger partial charge < -0.3 is 0 Å². The minimum atomic E-state index is -3.55. The fourth-order valence-corrected chi connectivity index (χ4v) is 2.23. The van der Waals surface area contributed by atoms with Crippen LogP contribution in [0.2, 0.25) is 0 Å². The standard InChI is InChI=1S/C10H13NO3S/c1-3-10(12)11(15(2,13)14)9-7-5-4-6-8-9/h4-8H,3H2,1-2H3. The fourth-order valence-electron chi connectivity index (χ4n) is 1.23. The number of nitrogens with zero attached hydrogens (tertiary/aromatic N) is 1. The molecule has 1 rings (SSSR count). The molecule has 0 aromatic heterocycles. The Bertz CT molecular complexity index is 439. The van der Waals surface area contributed by atoms with Gasteiger partial charge in [-0.15, -0.1) is 0 Å². The van der Waals surface area contributed by atoms with Gasteiger partial charge in [-0.3, -0.25) is 4.79 Å². The molecule has 1 amide bonds. The summed E-state index contributed by atoms with van der Waals surface area (Å²) in [7, 11) is -3.55. The van der Waals surface area contributed by atoms with E-state index in [-0.39, 0.29) is 6.42 Å². The van der Waals surface area contributed by atoms with Crippen LogP contribution >= 0.6 is 0 Å². The Morgan fingerprint density at radius 3 is 2.20 bits per heavy atom. The van der Waals surface area contributed by atoms with Crippen molar-refractivity contribution >= 4 is 21.6 Å². The molecule has 0 spiro atoms. The van der Waals surface area contributed by atoms with Crippen molar-refractivity contribution in [2.75, 3.05) is 10.6 Å². The normalized spacial score (nSPS) is 11.1. The molecule has 0 N–H and O–H groups in total. The number of benzene rings is 1. The van der Waals surface area contributed by atoms with Crippen LogP contribution in [-0.4, -0.2) is 20.6 Å². The monoisotopic (exact) mass is 227 g/mol. The first-order chi connectivity index (χ1) is 6.96. The zero-order valence-corrected chi connectivity index (χ0v) is 9.49. The minimum absolute atomic E-state index is 0.155. The predicted molar refractivity (Wildman–Crippen MR) is 59.1 cm³/mol. The van der Waals surface area contributed by atoms with Crippen molar-refractivity contribution in [3.8, 4) is 0 Å². The van der Waals surface area contributed by atoms with Gasteiger partial charge in [0.1, 0.15) is 0 Å². The highest BCUT2D eigenvalue weighted by Crippen LogP contribution is 2.17. The molecule has 0 aliphatic heterocycles. The van der Waals surface area contributed by atoms with E-state index in [1.165, 1.54) is 0 Å². The molecule has 0 unspecified atom stereocenters. The van der Waals surface area contributed by atoms with Crippen LogP contribution in [-0.2, 0) is 14.8 Å². The molecule has 15 heavy (non-hydrogen) atoms. The van der Waals surface area contributed by atoms with Gasteiger partial charge in [0.2, 0.25) is 15.9 Å². The molecule has 0 fully saturated rings. The molecule has 0 aliphatic rings. The summed E-state index contributed by atoms with van der Waals surface area (Å²) in [6.07, 6.45) is 1.18. The number of amides is 1. The summed E-state index contributed by atoms with van der Waals surface area (Å²) >= 11 is 0. The van der Waals surface area contributed by atoms with Crippen molar-refractivity contribution in [3.63, 3.8) is 0 Å². The third-order valence-electron chi connectivity index (χ3n) is 1.85. The predicted octanol–water partition coefficient (Wildman–Crippen LogP) is 1.39. The maximum absolute atomic E-state index is 11.5. The number of hydrogen-bond acceptors (Lipinski definition) is 3. The highest BCUT2D eigenvalue weighted by molar-refractivity contribution is 7.92. The van der Waals surface area contributed by atoms with Gasteiger partial charge in [-0.2, -0.15) is 0 Å². The van der Waals surface area contributed by atoms with E-state index in [1.807, 2.05) is 0 Å². The van der Waals surface area contributed by atoms with Gasteiger partial charge in [0, 0.05) is 6.42 Å². The number of carbonyl (C=O) groups excluding carboxylic acids is 1. The van der Waals surface area contributed by atoms with E-state index in [2.05, 4.69) is 0 Å². The number of carbonyl (C=O) groups is 1. The van der Waals surface area contributed by atoms with Crippen molar-refractivity contribution in [3.05, 3.63) is 30.3 Å². The Labute approximate surface area is 89.6 Å². The summed E-state index contributed by atoms with van der Waals surface area (Å²) in [5, 5.41) is 0. The van der Waals surface area contributed by atoms with Crippen LogP contribution in [0.15, 0.2) is 30.3 Å². The smallest absolute Gasteiger partial charge is 0.240 e. The van der Waals surface area contributed by atoms with E-state index in [1.54, 1.807) is 37.3 Å². The fraction of sp³-hybridized carbons (Fsp3) is 0.300. The van der Waals surface area contributed by atoms with Gasteiger partial charge in [0.25, 0.3) is 0 Å². The number of hydrogen-bond donors (Lipinski definition) is 0. The summed E-state index contributed by atoms with van der Waals surface area (Å²) in [6.45, 7) is 1.63. The van der Waals surface area contributed by atoms with Gasteiger partial charge >= 0.3 is 0 Å². The maximum Gasteiger partial charge on any atom is 0.240 e. The molecular formula is C10H13NO3S. The van der Waals surface area contributed by atoms with Crippen molar-refractivity contribution < 1.29 is 13.2 Å². The minimum Gasteiger partial charge on any atom is -0.273 e. The van der Waals surface area contributed by atoms with Crippen LogP contribution < -0.4 is 4.31 Å². The first-order valence-electron chi connectivity index (χ1n) is 4.55. The van der Waals surface area contributed by atoms with Crippen LogP contribution in [0.4, 0.5) is 5.69 Å². The molecule has 0 atom stereocenters. The second-order valence-corrected chi connectivity index (χ2v) is 4.94. The first kappa shape index (κ1) is 11.7. The Morgan fingerprint density at radius 1 is 1.27 bits per heavy atom. The average molecular weight is 227 g/mol. The van der Waals surface area contributed by atoms with Crippen LogP contribution in [0.1, 0.15) is 13.3 Å². The Kier molecular flexibility index (Phi) is 3.47. The lowest BCUT2D eigenvalue weighted by molar-refractivity contribution is -0.117. The van der Waals surface area contributed by atoms with Crippen LogP contribution in [0.25, 0.3) is 0 Å². The zero-order valence-electron chi connectivity index (χ0n) is 8.67. The largest absolute Gasteiger partial charge is 0.273 e. The second kappa shape index (κ2) is 4.44. The molecule has 82 valence electrons. The van der Waals surface area contributed by atoms with Crippen molar-refractivity contribution in [1.29, 1.82) is 0 Å². The summed E-state index contributed by atoms with van der Waals surface area (Å²) in [5.74, 6) is -0.427. The third-order valence-corrected chi connectivity index (χ3v) is 2.93. The molecule has 1 aromatic carbocycles. The maximum atomic E-state index is 11.5. The summed E-state index contributed by atoms with van der Waals surface area (Å²) < 4.78 is 23.7. The lowest BCUT2D eigenvalue weighted by Gasteiger charge is -2.19. The van der Waals surface area contributed by atoms with Crippen molar-refractivity contribution in [2.24, 2.45) is 0 Å². The summed E-state index contributed by atoms with van der Waals surface area (Å²) in [4.78, 5) is 11.5. The summed E-state index contributed by atoms with van der Waals surface area (Å²) in [6, 6.07) is 8.33. The topological polar surface area (TPSA) is 54.5 Å². The lowest BCUT2D eigenvalue weighted by atomic mass is 10.3. The molecule has 0 radical (unpaired) electrons. The van der Waals surface area contributed by atoms with Crippen molar-refractivity contribution in [1.82, 2.24) is 0 Å². The first-order valence-corrected chi connectivity index (χ1v) is 6.40. The van der Waals surface area contributed by atoms with E-state index >= 15 is 0 Å². The highest BCUT2D eigenvalue weighted by Gasteiger charge is 2.23. The Morgan fingerprint density at radius 2 is 1.80 bits per heavy atom. The van der Waals surface area contributed by atoms with Gasteiger partial charge in [-0.1, -0.05) is 25.1 Å². The SMILES string of the molecule is CCC(=O)N(c1ccccc1)S(C)(=O)=O. The van der Waals surface area contributed by atoms with Crippen LogP contribution in [0.3, 0.4) is 0 Å². The quantitative estimate of drug-likeness (QED) is 0.784. The second-order valence-electron chi connectivity index (χ2n) is 3.11. The Hall–Kier alpha value is -1.36. The number of sulfonamides is 1. The van der Waals surface area contributed by atoms with E-state index in [0.717, 1.165) is 10.6 Å². The summed E-state index contributed by atoms with van der Waals surface area (Å²) in [5.41, 5.74) is 0.381. The van der Waals surface area contributed by atoms with Gasteiger partial charge in [0.05, 0.1) is 11.9 Å². The van der Waals surface area contributed by atoms with Gasteiger partial charge in [0.15, 0.2) is 0 Å². The molecule has 0 saturated heterocycles. The molecule has 0 saturated carbocycles. The molecule has 0 heterocycles. The van der Waals surface area contributed by atoms with E-state index in [4.69, 9.17) is 0 Å². The van der Waals surface area contributed by atoms with E-state index in [9.17, 15) is 13.2 Å². The molecule has 1 aromatic rings. The number of anilines is 1. The van der Waals surface area contributed by atoms with Crippen LogP contribution in [0.5, 0.6) is 0 Å². The molecule has 4 nitrogen and oxygen atoms in total. The number of para-hydroxylation sites is 1. The van der Waals surface area contributed by atoms with E-state index in [0.29, 0.717) is 5.69 Å². The van der Waals surface area contributed by atoms with E-state index < -0.39 is 15.9 Å². The molecule has 0 bridgehead atoms. The number of rotatable bonds is 3. The van der Waals surface area contributed by atoms with Gasteiger partial charge in [-0.05, 0) is 12.1 Å². The van der Waals surface area contributed by atoms with Gasteiger partial charge in [-0.25, -0.2) is 12.7 Å². The molecule has 5 heteroatoms. The Balaban J connectivity index is 3.20.